The number of fused-ring (bicyclic) bond motifs is 1. The Morgan fingerprint density at radius 1 is 0.968 bits per heavy atom. The van der Waals surface area contributed by atoms with Crippen molar-refractivity contribution in [2.24, 2.45) is 0 Å². The third-order valence-electron chi connectivity index (χ3n) is 5.98. The fourth-order valence-electron chi connectivity index (χ4n) is 4.41. The highest BCUT2D eigenvalue weighted by Gasteiger charge is 2.35. The first-order chi connectivity index (χ1) is 15.1. The summed E-state index contributed by atoms with van der Waals surface area (Å²) in [5.74, 6) is 0.857. The zero-order valence-electron chi connectivity index (χ0n) is 17.4. The topological polar surface area (TPSA) is 55.2 Å². The van der Waals surface area contributed by atoms with Crippen LogP contribution in [-0.2, 0) is 11.3 Å². The molecule has 4 aromatic rings. The summed E-state index contributed by atoms with van der Waals surface area (Å²) < 4.78 is 1.99. The van der Waals surface area contributed by atoms with Crippen molar-refractivity contribution < 1.29 is 9.59 Å². The van der Waals surface area contributed by atoms with Crippen LogP contribution in [0.25, 0.3) is 11.0 Å². The number of Topliss-reactive ketones (excluding diaryl/α,β-unsaturated/α-hetero) is 1. The van der Waals surface area contributed by atoms with Crippen molar-refractivity contribution in [1.29, 1.82) is 0 Å². The lowest BCUT2D eigenvalue weighted by Crippen LogP contribution is -2.25. The molecule has 2 heterocycles. The molecular weight excluding hydrogens is 386 g/mol. The van der Waals surface area contributed by atoms with Crippen LogP contribution in [0.5, 0.6) is 0 Å². The lowest BCUT2D eigenvalue weighted by Gasteiger charge is -2.19. The maximum absolute atomic E-state index is 13.0. The Kier molecular flexibility index (Phi) is 4.86. The summed E-state index contributed by atoms with van der Waals surface area (Å²) in [7, 11) is 0. The van der Waals surface area contributed by atoms with Gasteiger partial charge in [-0.15, -0.1) is 0 Å². The average Bonchev–Trinajstić information content (AvgIpc) is 3.35. The Bertz CT molecular complexity index is 1280. The van der Waals surface area contributed by atoms with Gasteiger partial charge in [0.2, 0.25) is 5.91 Å². The summed E-state index contributed by atoms with van der Waals surface area (Å²) in [6.45, 7) is 2.78. The molecule has 1 unspecified atom stereocenters. The number of amides is 1. The molecule has 1 saturated heterocycles. The molecule has 0 bridgehead atoms. The van der Waals surface area contributed by atoms with Crippen molar-refractivity contribution in [3.8, 4) is 0 Å². The van der Waals surface area contributed by atoms with E-state index in [0.717, 1.165) is 28.1 Å². The van der Waals surface area contributed by atoms with Crippen molar-refractivity contribution in [2.75, 3.05) is 11.4 Å². The predicted octanol–water partition coefficient (Wildman–Crippen LogP) is 4.75. The molecule has 1 aliphatic rings. The van der Waals surface area contributed by atoms with E-state index >= 15 is 0 Å². The monoisotopic (exact) mass is 409 g/mol. The number of para-hydroxylation sites is 3. The molecule has 1 fully saturated rings. The molecule has 0 N–H and O–H groups in total. The van der Waals surface area contributed by atoms with Gasteiger partial charge in [-0.25, -0.2) is 4.98 Å². The second kappa shape index (κ2) is 7.84. The molecule has 5 heteroatoms. The number of hydrogen-bond acceptors (Lipinski definition) is 3. The van der Waals surface area contributed by atoms with Crippen LogP contribution in [0.4, 0.5) is 5.69 Å². The van der Waals surface area contributed by atoms with E-state index in [-0.39, 0.29) is 24.2 Å². The van der Waals surface area contributed by atoms with Crippen LogP contribution in [0.3, 0.4) is 0 Å². The summed E-state index contributed by atoms with van der Waals surface area (Å²) in [5.41, 5.74) is 4.46. The molecule has 0 saturated carbocycles. The van der Waals surface area contributed by atoms with E-state index in [1.54, 1.807) is 0 Å². The van der Waals surface area contributed by atoms with Gasteiger partial charge in [0, 0.05) is 30.1 Å². The number of ketones is 1. The fraction of sp³-hybridized carbons (Fsp3) is 0.192. The number of nitrogens with zero attached hydrogens (tertiary/aromatic N) is 3. The SMILES string of the molecule is Cc1ccccc1N1CC(c2nc3ccccc3n2CC(=O)c2ccccc2)CC1=O. The summed E-state index contributed by atoms with van der Waals surface area (Å²) in [4.78, 5) is 32.6. The van der Waals surface area contributed by atoms with Gasteiger partial charge in [0.25, 0.3) is 0 Å². The van der Waals surface area contributed by atoms with Crippen LogP contribution in [0.2, 0.25) is 0 Å². The van der Waals surface area contributed by atoms with Gasteiger partial charge in [0.05, 0.1) is 17.6 Å². The van der Waals surface area contributed by atoms with Gasteiger partial charge < -0.3 is 9.47 Å². The molecule has 5 rings (SSSR count). The zero-order chi connectivity index (χ0) is 21.4. The Morgan fingerprint density at radius 3 is 2.48 bits per heavy atom. The van der Waals surface area contributed by atoms with Gasteiger partial charge in [-0.1, -0.05) is 60.7 Å². The number of rotatable bonds is 5. The highest BCUT2D eigenvalue weighted by molar-refractivity contribution is 5.98. The molecule has 1 aliphatic heterocycles. The number of carbonyl (C=O) groups is 2. The van der Waals surface area contributed by atoms with Crippen LogP contribution in [-0.4, -0.2) is 27.8 Å². The highest BCUT2D eigenvalue weighted by Crippen LogP contribution is 2.34. The van der Waals surface area contributed by atoms with E-state index in [0.29, 0.717) is 18.5 Å². The largest absolute Gasteiger partial charge is 0.320 e. The summed E-state index contributed by atoms with van der Waals surface area (Å²) in [6, 6.07) is 25.1. The van der Waals surface area contributed by atoms with E-state index in [1.807, 2.05) is 95.3 Å². The van der Waals surface area contributed by atoms with Gasteiger partial charge in [-0.05, 0) is 30.7 Å². The molecule has 5 nitrogen and oxygen atoms in total. The van der Waals surface area contributed by atoms with Crippen LogP contribution < -0.4 is 4.90 Å². The molecule has 154 valence electrons. The number of benzene rings is 3. The first kappa shape index (κ1) is 19.2. The second-order valence-electron chi connectivity index (χ2n) is 8.03. The third-order valence-corrected chi connectivity index (χ3v) is 5.98. The maximum atomic E-state index is 13.0. The Balaban J connectivity index is 1.52. The Morgan fingerprint density at radius 2 is 1.68 bits per heavy atom. The minimum absolute atomic E-state index is 0.0325. The minimum atomic E-state index is -0.0666. The second-order valence-corrected chi connectivity index (χ2v) is 8.03. The molecule has 0 aliphatic carbocycles. The highest BCUT2D eigenvalue weighted by atomic mass is 16.2. The summed E-state index contributed by atoms with van der Waals surface area (Å²) >= 11 is 0. The fourth-order valence-corrected chi connectivity index (χ4v) is 4.41. The number of aromatic nitrogens is 2. The van der Waals surface area contributed by atoms with Crippen LogP contribution in [0.15, 0.2) is 78.9 Å². The van der Waals surface area contributed by atoms with Gasteiger partial charge in [0.15, 0.2) is 5.78 Å². The van der Waals surface area contributed by atoms with E-state index in [4.69, 9.17) is 4.98 Å². The zero-order valence-corrected chi connectivity index (χ0v) is 17.4. The first-order valence-corrected chi connectivity index (χ1v) is 10.5. The molecule has 0 radical (unpaired) electrons. The lowest BCUT2D eigenvalue weighted by atomic mass is 10.1. The smallest absolute Gasteiger partial charge is 0.227 e. The number of aryl methyl sites for hydroxylation is 1. The maximum Gasteiger partial charge on any atom is 0.227 e. The van der Waals surface area contributed by atoms with Crippen LogP contribution >= 0.6 is 0 Å². The number of imidazole rings is 1. The molecule has 3 aromatic carbocycles. The summed E-state index contributed by atoms with van der Waals surface area (Å²) in [5, 5.41) is 0. The van der Waals surface area contributed by atoms with Gasteiger partial charge in [-0.3, -0.25) is 9.59 Å². The van der Waals surface area contributed by atoms with Crippen molar-refractivity contribution in [3.63, 3.8) is 0 Å². The number of anilines is 1. The van der Waals surface area contributed by atoms with Gasteiger partial charge in [-0.2, -0.15) is 0 Å². The predicted molar refractivity (Wildman–Crippen MR) is 121 cm³/mol. The van der Waals surface area contributed by atoms with Crippen LogP contribution in [0.1, 0.15) is 34.1 Å². The standard InChI is InChI=1S/C26H23N3O2/c1-18-9-5-7-13-22(18)28-16-20(15-25(28)31)26-27-21-12-6-8-14-23(21)29(26)17-24(30)19-10-3-2-4-11-19/h2-14,20H,15-17H2,1H3. The molecule has 1 aromatic heterocycles. The average molecular weight is 409 g/mol. The number of carbonyl (C=O) groups excluding carboxylic acids is 2. The Hall–Kier alpha value is -3.73. The van der Waals surface area contributed by atoms with Gasteiger partial charge >= 0.3 is 0 Å². The normalized spacial score (nSPS) is 16.2. The quantitative estimate of drug-likeness (QED) is 0.447. The van der Waals surface area contributed by atoms with Crippen molar-refractivity contribution in [2.45, 2.75) is 25.8 Å². The molecular formula is C26H23N3O2. The first-order valence-electron chi connectivity index (χ1n) is 10.5. The molecule has 0 spiro atoms. The van der Waals surface area contributed by atoms with Crippen molar-refractivity contribution in [1.82, 2.24) is 9.55 Å². The van der Waals surface area contributed by atoms with E-state index in [1.165, 1.54) is 0 Å². The van der Waals surface area contributed by atoms with E-state index in [2.05, 4.69) is 0 Å². The Labute approximate surface area is 180 Å². The molecule has 31 heavy (non-hydrogen) atoms. The van der Waals surface area contributed by atoms with Crippen molar-refractivity contribution in [3.05, 3.63) is 95.8 Å². The molecule has 1 atom stereocenters. The number of hydrogen-bond donors (Lipinski definition) is 0. The van der Waals surface area contributed by atoms with Crippen LogP contribution in [0, 0.1) is 6.92 Å². The van der Waals surface area contributed by atoms with Gasteiger partial charge in [0.1, 0.15) is 5.82 Å². The summed E-state index contributed by atoms with van der Waals surface area (Å²) in [6.07, 6.45) is 0.386. The van der Waals surface area contributed by atoms with E-state index in [9.17, 15) is 9.59 Å². The minimum Gasteiger partial charge on any atom is -0.320 e. The lowest BCUT2D eigenvalue weighted by molar-refractivity contribution is -0.117. The molecule has 1 amide bonds. The van der Waals surface area contributed by atoms with E-state index < -0.39 is 0 Å². The third kappa shape index (κ3) is 3.52. The van der Waals surface area contributed by atoms with Crippen molar-refractivity contribution >= 4 is 28.4 Å².